The van der Waals surface area contributed by atoms with Crippen molar-refractivity contribution in [3.63, 3.8) is 0 Å². The lowest BCUT2D eigenvalue weighted by Crippen LogP contribution is -2.35. The molecule has 0 bridgehead atoms. The van der Waals surface area contributed by atoms with Gasteiger partial charge in [-0.1, -0.05) is 17.7 Å². The van der Waals surface area contributed by atoms with Crippen molar-refractivity contribution in [1.29, 1.82) is 0 Å². The van der Waals surface area contributed by atoms with Crippen LogP contribution in [0.2, 0.25) is 5.02 Å². The zero-order valence-electron chi connectivity index (χ0n) is 16.8. The number of nitrogens with zero attached hydrogens (tertiary/aromatic N) is 3. The molecule has 2 aliphatic heterocycles. The summed E-state index contributed by atoms with van der Waals surface area (Å²) in [6.07, 6.45) is 2.63. The predicted molar refractivity (Wildman–Crippen MR) is 114 cm³/mol. The van der Waals surface area contributed by atoms with Gasteiger partial charge in [-0.15, -0.1) is 0 Å². The van der Waals surface area contributed by atoms with Crippen molar-refractivity contribution >= 4 is 27.5 Å². The monoisotopic (exact) mass is 451 g/mol. The van der Waals surface area contributed by atoms with Crippen LogP contribution in [0.4, 0.5) is 0 Å². The van der Waals surface area contributed by atoms with E-state index in [-0.39, 0.29) is 11.0 Å². The van der Waals surface area contributed by atoms with Crippen LogP contribution in [0.15, 0.2) is 45.9 Å². The van der Waals surface area contributed by atoms with Gasteiger partial charge in [-0.25, -0.2) is 8.42 Å². The number of halogens is 1. The molecule has 162 valence electrons. The van der Waals surface area contributed by atoms with Crippen LogP contribution in [0, 0.1) is 0 Å². The molecular formula is C21H26ClN3O4S. The van der Waals surface area contributed by atoms with Gasteiger partial charge in [-0.3, -0.25) is 9.69 Å². The van der Waals surface area contributed by atoms with E-state index in [2.05, 4.69) is 4.90 Å². The first-order valence-corrected chi connectivity index (χ1v) is 12.1. The van der Waals surface area contributed by atoms with Crippen LogP contribution in [0.5, 0.6) is 0 Å². The molecule has 2 fully saturated rings. The lowest BCUT2D eigenvalue weighted by molar-refractivity contribution is 0.0760. The van der Waals surface area contributed by atoms with E-state index >= 15 is 0 Å². The molecule has 30 heavy (non-hydrogen) atoms. The quantitative estimate of drug-likeness (QED) is 0.698. The predicted octanol–water partition coefficient (Wildman–Crippen LogP) is 3.07. The molecule has 3 heterocycles. The average molecular weight is 452 g/mol. The lowest BCUT2D eigenvalue weighted by atomic mass is 10.2. The van der Waals surface area contributed by atoms with Crippen molar-refractivity contribution in [2.45, 2.75) is 30.9 Å². The Labute approximate surface area is 182 Å². The molecule has 0 atom stereocenters. The molecule has 0 spiro atoms. The summed E-state index contributed by atoms with van der Waals surface area (Å²) in [5.74, 6) is 0.610. The molecule has 2 saturated heterocycles. The standard InChI is InChI=1S/C21H26ClN3O4S/c22-18-6-3-5-17(15-18)21(26)24-10-4-9-23(13-14-24)16-19-7-8-20(29-19)30(27,28)25-11-1-2-12-25/h3,5-8,15H,1-2,4,9-14,16H2. The Morgan fingerprint density at radius 2 is 1.77 bits per heavy atom. The van der Waals surface area contributed by atoms with Gasteiger partial charge in [0.15, 0.2) is 0 Å². The fourth-order valence-electron chi connectivity index (χ4n) is 3.99. The molecule has 2 aromatic rings. The highest BCUT2D eigenvalue weighted by Crippen LogP contribution is 2.23. The fraction of sp³-hybridized carbons (Fsp3) is 0.476. The number of hydrogen-bond donors (Lipinski definition) is 0. The normalized spacial score (nSPS) is 19.2. The number of carbonyl (C=O) groups is 1. The first-order chi connectivity index (χ1) is 14.4. The van der Waals surface area contributed by atoms with E-state index in [1.165, 1.54) is 4.31 Å². The SMILES string of the molecule is O=C(c1cccc(Cl)c1)N1CCCN(Cc2ccc(S(=O)(=O)N3CCCC3)o2)CC1. The van der Waals surface area contributed by atoms with Gasteiger partial charge < -0.3 is 9.32 Å². The minimum absolute atomic E-state index is 0.0173. The van der Waals surface area contributed by atoms with Crippen molar-refractivity contribution in [2.24, 2.45) is 0 Å². The van der Waals surface area contributed by atoms with Crippen molar-refractivity contribution in [3.8, 4) is 0 Å². The molecule has 0 N–H and O–H groups in total. The maximum absolute atomic E-state index is 12.8. The molecule has 1 aromatic heterocycles. The highest BCUT2D eigenvalue weighted by Gasteiger charge is 2.30. The molecule has 0 aliphatic carbocycles. The van der Waals surface area contributed by atoms with Crippen LogP contribution < -0.4 is 0 Å². The largest absolute Gasteiger partial charge is 0.447 e. The number of benzene rings is 1. The smallest absolute Gasteiger partial charge is 0.276 e. The molecular weight excluding hydrogens is 426 g/mol. The number of rotatable bonds is 5. The molecule has 9 heteroatoms. The number of hydrogen-bond acceptors (Lipinski definition) is 5. The third kappa shape index (κ3) is 4.72. The Hall–Kier alpha value is -1.87. The molecule has 4 rings (SSSR count). The minimum atomic E-state index is -3.54. The summed E-state index contributed by atoms with van der Waals surface area (Å²) >= 11 is 6.01. The summed E-state index contributed by atoms with van der Waals surface area (Å²) in [6.45, 7) is 4.42. The molecule has 0 radical (unpaired) electrons. The number of sulfonamides is 1. The van der Waals surface area contributed by atoms with Crippen molar-refractivity contribution in [3.05, 3.63) is 52.7 Å². The Morgan fingerprint density at radius 3 is 2.53 bits per heavy atom. The molecule has 1 amide bonds. The zero-order valence-corrected chi connectivity index (χ0v) is 18.4. The van der Waals surface area contributed by atoms with E-state index < -0.39 is 10.0 Å². The first-order valence-electron chi connectivity index (χ1n) is 10.3. The highest BCUT2D eigenvalue weighted by atomic mass is 35.5. The maximum atomic E-state index is 12.8. The summed E-state index contributed by atoms with van der Waals surface area (Å²) in [5, 5.41) is 0.571. The van der Waals surface area contributed by atoms with Crippen LogP contribution in [0.3, 0.4) is 0 Å². The third-order valence-corrected chi connectivity index (χ3v) is 7.63. The van der Waals surface area contributed by atoms with Gasteiger partial charge in [0.05, 0.1) is 6.54 Å². The molecule has 0 unspecified atom stereocenters. The molecule has 7 nitrogen and oxygen atoms in total. The topological polar surface area (TPSA) is 74.1 Å². The van der Waals surface area contributed by atoms with Crippen LogP contribution in [0.1, 0.15) is 35.4 Å². The summed E-state index contributed by atoms with van der Waals surface area (Å²) in [5.41, 5.74) is 0.596. The van der Waals surface area contributed by atoms with Gasteiger partial charge in [-0.2, -0.15) is 4.31 Å². The van der Waals surface area contributed by atoms with E-state index in [1.807, 2.05) is 4.90 Å². The first kappa shape index (κ1) is 21.4. The Bertz CT molecular complexity index is 1000. The summed E-state index contributed by atoms with van der Waals surface area (Å²) in [7, 11) is -3.54. The van der Waals surface area contributed by atoms with Gasteiger partial charge >= 0.3 is 0 Å². The minimum Gasteiger partial charge on any atom is -0.447 e. The summed E-state index contributed by atoms with van der Waals surface area (Å²) < 4.78 is 32.5. The average Bonchev–Trinajstić information content (AvgIpc) is 3.38. The van der Waals surface area contributed by atoms with Gasteiger partial charge in [0, 0.05) is 49.9 Å². The van der Waals surface area contributed by atoms with Crippen molar-refractivity contribution < 1.29 is 17.6 Å². The van der Waals surface area contributed by atoms with Crippen molar-refractivity contribution in [1.82, 2.24) is 14.1 Å². The third-order valence-electron chi connectivity index (χ3n) is 5.62. The summed E-state index contributed by atoms with van der Waals surface area (Å²) in [6, 6.07) is 10.3. The second-order valence-electron chi connectivity index (χ2n) is 7.76. The highest BCUT2D eigenvalue weighted by molar-refractivity contribution is 7.89. The van der Waals surface area contributed by atoms with E-state index in [0.717, 1.165) is 25.8 Å². The van der Waals surface area contributed by atoms with E-state index in [1.54, 1.807) is 36.4 Å². The number of carbonyl (C=O) groups excluding carboxylic acids is 1. The maximum Gasteiger partial charge on any atom is 0.276 e. The van der Waals surface area contributed by atoms with Crippen LogP contribution >= 0.6 is 11.6 Å². The fourth-order valence-corrected chi connectivity index (χ4v) is 5.63. The Balaban J connectivity index is 1.36. The molecule has 1 aromatic carbocycles. The molecule has 2 aliphatic rings. The second kappa shape index (κ2) is 9.09. The van der Waals surface area contributed by atoms with Gasteiger partial charge in [0.2, 0.25) is 5.09 Å². The second-order valence-corrected chi connectivity index (χ2v) is 10.1. The van der Waals surface area contributed by atoms with Gasteiger partial charge in [-0.05, 0) is 49.6 Å². The van der Waals surface area contributed by atoms with E-state index in [9.17, 15) is 13.2 Å². The number of furan rings is 1. The van der Waals surface area contributed by atoms with Crippen molar-refractivity contribution in [2.75, 3.05) is 39.3 Å². The summed E-state index contributed by atoms with van der Waals surface area (Å²) in [4.78, 5) is 16.8. The van der Waals surface area contributed by atoms with Crippen LogP contribution in [-0.2, 0) is 16.6 Å². The Morgan fingerprint density at radius 1 is 0.967 bits per heavy atom. The zero-order chi connectivity index (χ0) is 21.1. The van der Waals surface area contributed by atoms with Gasteiger partial charge in [0.1, 0.15) is 5.76 Å². The van der Waals surface area contributed by atoms with Crippen LogP contribution in [-0.4, -0.2) is 67.7 Å². The van der Waals surface area contributed by atoms with Crippen LogP contribution in [0.25, 0.3) is 0 Å². The van der Waals surface area contributed by atoms with E-state index in [0.29, 0.717) is 55.6 Å². The van der Waals surface area contributed by atoms with Gasteiger partial charge in [0.25, 0.3) is 15.9 Å². The number of amides is 1. The molecule has 0 saturated carbocycles. The Kier molecular flexibility index (Phi) is 6.48. The van der Waals surface area contributed by atoms with E-state index in [4.69, 9.17) is 16.0 Å². The lowest BCUT2D eigenvalue weighted by Gasteiger charge is -2.21.